The second-order valence-electron chi connectivity index (χ2n) is 5.85. The Labute approximate surface area is 119 Å². The molecular weight excluding hydrogens is 249 g/mol. The van der Waals surface area contributed by atoms with Crippen molar-refractivity contribution in [2.45, 2.75) is 37.1 Å². The molecule has 2 aromatic rings. The van der Waals surface area contributed by atoms with Crippen LogP contribution in [0.2, 0.25) is 0 Å². The van der Waals surface area contributed by atoms with E-state index in [1.165, 1.54) is 17.7 Å². The van der Waals surface area contributed by atoms with Crippen LogP contribution in [0.15, 0.2) is 54.6 Å². The molecular formula is C18H20FN. The Balaban J connectivity index is 1.73. The molecule has 0 heterocycles. The Bertz CT molecular complexity index is 554. The fourth-order valence-electron chi connectivity index (χ4n) is 3.26. The van der Waals surface area contributed by atoms with Gasteiger partial charge in [-0.1, -0.05) is 42.5 Å². The maximum absolute atomic E-state index is 13.0. The van der Waals surface area contributed by atoms with Gasteiger partial charge in [0.25, 0.3) is 0 Å². The zero-order chi connectivity index (χ0) is 14.0. The molecule has 20 heavy (non-hydrogen) atoms. The van der Waals surface area contributed by atoms with E-state index in [1.54, 1.807) is 0 Å². The lowest BCUT2D eigenvalue weighted by Gasteiger charge is -2.38. The quantitative estimate of drug-likeness (QED) is 0.862. The summed E-state index contributed by atoms with van der Waals surface area (Å²) in [5, 5.41) is 0. The molecule has 0 radical (unpaired) electrons. The number of hydrogen-bond donors (Lipinski definition) is 1. The lowest BCUT2D eigenvalue weighted by molar-refractivity contribution is 0.277. The van der Waals surface area contributed by atoms with Gasteiger partial charge >= 0.3 is 0 Å². The molecule has 1 fully saturated rings. The minimum atomic E-state index is -0.293. The smallest absolute Gasteiger partial charge is 0.123 e. The Morgan fingerprint density at radius 3 is 2.10 bits per heavy atom. The number of nitrogens with two attached hydrogens (primary N) is 1. The van der Waals surface area contributed by atoms with Gasteiger partial charge in [0.1, 0.15) is 5.82 Å². The zero-order valence-electron chi connectivity index (χ0n) is 11.6. The van der Waals surface area contributed by atoms with Crippen molar-refractivity contribution in [3.63, 3.8) is 0 Å². The maximum atomic E-state index is 13.0. The highest BCUT2D eigenvalue weighted by Crippen LogP contribution is 2.41. The van der Waals surface area contributed by atoms with Gasteiger partial charge in [0.05, 0.1) is 0 Å². The average Bonchev–Trinajstić information content (AvgIpc) is 2.49. The molecule has 0 atom stereocenters. The molecule has 0 amide bonds. The Hall–Kier alpha value is -1.67. The summed E-state index contributed by atoms with van der Waals surface area (Å²) in [4.78, 5) is 0. The van der Waals surface area contributed by atoms with Gasteiger partial charge in [-0.3, -0.25) is 0 Å². The van der Waals surface area contributed by atoms with Crippen LogP contribution in [0.3, 0.4) is 0 Å². The molecule has 3 rings (SSSR count). The predicted molar refractivity (Wildman–Crippen MR) is 79.9 cm³/mol. The van der Waals surface area contributed by atoms with Crippen LogP contribution < -0.4 is 5.73 Å². The molecule has 1 nitrogen and oxygen atoms in total. The minimum absolute atomic E-state index is 0.199. The van der Waals surface area contributed by atoms with Gasteiger partial charge in [-0.25, -0.2) is 4.39 Å². The van der Waals surface area contributed by atoms with E-state index in [0.29, 0.717) is 5.92 Å². The van der Waals surface area contributed by atoms with E-state index in [2.05, 4.69) is 30.3 Å². The molecule has 0 unspecified atom stereocenters. The lowest BCUT2D eigenvalue weighted by Crippen LogP contribution is -2.40. The number of rotatable bonds is 2. The molecule has 1 saturated carbocycles. The lowest BCUT2D eigenvalue weighted by atomic mass is 9.71. The maximum Gasteiger partial charge on any atom is 0.123 e. The number of benzene rings is 2. The Morgan fingerprint density at radius 2 is 1.50 bits per heavy atom. The van der Waals surface area contributed by atoms with Crippen LogP contribution in [0.1, 0.15) is 42.7 Å². The van der Waals surface area contributed by atoms with E-state index < -0.39 is 0 Å². The molecule has 2 aromatic carbocycles. The van der Waals surface area contributed by atoms with Crippen LogP contribution >= 0.6 is 0 Å². The molecule has 1 aliphatic carbocycles. The summed E-state index contributed by atoms with van der Waals surface area (Å²) in [7, 11) is 0. The molecule has 0 saturated heterocycles. The molecule has 2 heteroatoms. The summed E-state index contributed by atoms with van der Waals surface area (Å²) in [6.45, 7) is 0. The second-order valence-corrected chi connectivity index (χ2v) is 5.85. The van der Waals surface area contributed by atoms with Crippen molar-refractivity contribution < 1.29 is 4.39 Å². The fraction of sp³-hybridized carbons (Fsp3) is 0.333. The van der Waals surface area contributed by atoms with E-state index in [-0.39, 0.29) is 11.4 Å². The van der Waals surface area contributed by atoms with Gasteiger partial charge in [0.15, 0.2) is 0 Å². The minimum Gasteiger partial charge on any atom is -0.321 e. The molecule has 0 aliphatic heterocycles. The van der Waals surface area contributed by atoms with E-state index in [4.69, 9.17) is 5.73 Å². The highest BCUT2D eigenvalue weighted by Gasteiger charge is 2.33. The first-order valence-electron chi connectivity index (χ1n) is 7.27. The summed E-state index contributed by atoms with van der Waals surface area (Å²) >= 11 is 0. The standard InChI is InChI=1S/C18H20FN/c19-17-8-6-16(7-9-17)18(20)12-10-15(11-13-18)14-4-2-1-3-5-14/h1-9,15H,10-13,20H2. The molecule has 1 aliphatic rings. The first kappa shape index (κ1) is 13.3. The van der Waals surface area contributed by atoms with Crippen LogP contribution in [-0.2, 0) is 5.54 Å². The van der Waals surface area contributed by atoms with Crippen molar-refractivity contribution in [1.82, 2.24) is 0 Å². The zero-order valence-corrected chi connectivity index (χ0v) is 11.6. The fourth-order valence-corrected chi connectivity index (χ4v) is 3.26. The van der Waals surface area contributed by atoms with Gasteiger partial charge < -0.3 is 5.73 Å². The van der Waals surface area contributed by atoms with E-state index in [9.17, 15) is 4.39 Å². The van der Waals surface area contributed by atoms with Crippen molar-refractivity contribution in [2.24, 2.45) is 5.73 Å². The van der Waals surface area contributed by atoms with Crippen LogP contribution in [0, 0.1) is 5.82 Å². The Morgan fingerprint density at radius 1 is 0.900 bits per heavy atom. The molecule has 0 aromatic heterocycles. The predicted octanol–water partition coefficient (Wildman–Crippen LogP) is 4.34. The van der Waals surface area contributed by atoms with Crippen molar-refractivity contribution in [3.05, 3.63) is 71.5 Å². The third kappa shape index (κ3) is 2.61. The topological polar surface area (TPSA) is 26.0 Å². The van der Waals surface area contributed by atoms with Crippen LogP contribution in [0.25, 0.3) is 0 Å². The number of halogens is 1. The van der Waals surface area contributed by atoms with Crippen molar-refractivity contribution in [1.29, 1.82) is 0 Å². The van der Waals surface area contributed by atoms with Crippen molar-refractivity contribution in [3.8, 4) is 0 Å². The Kier molecular flexibility index (Phi) is 3.58. The van der Waals surface area contributed by atoms with E-state index in [1.807, 2.05) is 12.1 Å². The molecule has 0 spiro atoms. The van der Waals surface area contributed by atoms with Crippen LogP contribution in [0.4, 0.5) is 4.39 Å². The first-order chi connectivity index (χ1) is 9.67. The van der Waals surface area contributed by atoms with E-state index in [0.717, 1.165) is 31.2 Å². The van der Waals surface area contributed by atoms with Crippen LogP contribution in [-0.4, -0.2) is 0 Å². The third-order valence-electron chi connectivity index (χ3n) is 4.57. The second kappa shape index (κ2) is 5.37. The normalized spacial score (nSPS) is 26.4. The summed E-state index contributed by atoms with van der Waals surface area (Å²) in [6, 6.07) is 17.3. The van der Waals surface area contributed by atoms with Gasteiger partial charge in [-0.2, -0.15) is 0 Å². The summed E-state index contributed by atoms with van der Waals surface area (Å²) in [5.74, 6) is 0.406. The summed E-state index contributed by atoms with van der Waals surface area (Å²) < 4.78 is 13.0. The number of hydrogen-bond acceptors (Lipinski definition) is 1. The third-order valence-corrected chi connectivity index (χ3v) is 4.57. The molecule has 104 valence electrons. The highest BCUT2D eigenvalue weighted by atomic mass is 19.1. The van der Waals surface area contributed by atoms with Gasteiger partial charge in [-0.05, 0) is 54.9 Å². The molecule has 0 bridgehead atoms. The van der Waals surface area contributed by atoms with Crippen molar-refractivity contribution >= 4 is 0 Å². The SMILES string of the molecule is NC1(c2ccc(F)cc2)CCC(c2ccccc2)CC1. The first-order valence-corrected chi connectivity index (χ1v) is 7.27. The average molecular weight is 269 g/mol. The van der Waals surface area contributed by atoms with Gasteiger partial charge in [0.2, 0.25) is 0 Å². The van der Waals surface area contributed by atoms with Crippen molar-refractivity contribution in [2.75, 3.05) is 0 Å². The largest absolute Gasteiger partial charge is 0.321 e. The summed E-state index contributed by atoms with van der Waals surface area (Å²) in [6.07, 6.45) is 4.10. The van der Waals surface area contributed by atoms with Gasteiger partial charge in [0, 0.05) is 5.54 Å². The van der Waals surface area contributed by atoms with Crippen LogP contribution in [0.5, 0.6) is 0 Å². The summed E-state index contributed by atoms with van der Waals surface area (Å²) in [5.41, 5.74) is 8.73. The monoisotopic (exact) mass is 269 g/mol. The van der Waals surface area contributed by atoms with Gasteiger partial charge in [-0.15, -0.1) is 0 Å². The molecule has 2 N–H and O–H groups in total. The highest BCUT2D eigenvalue weighted by molar-refractivity contribution is 5.27. The van der Waals surface area contributed by atoms with E-state index >= 15 is 0 Å².